The lowest BCUT2D eigenvalue weighted by Gasteiger charge is -2.23. The van der Waals surface area contributed by atoms with Gasteiger partial charge in [0, 0.05) is 0 Å². The zero-order valence-electron chi connectivity index (χ0n) is 13.6. The Kier molecular flexibility index (Phi) is 4.86. The van der Waals surface area contributed by atoms with E-state index >= 15 is 0 Å². The highest BCUT2D eigenvalue weighted by Crippen LogP contribution is 2.29. The van der Waals surface area contributed by atoms with Crippen LogP contribution in [0.2, 0.25) is 0 Å². The number of hydrogen-bond acceptors (Lipinski definition) is 3. The van der Waals surface area contributed by atoms with Crippen LogP contribution in [0.15, 0.2) is 48.5 Å². The Bertz CT molecular complexity index is 625. The Hall–Kier alpha value is -2.29. The van der Waals surface area contributed by atoms with Gasteiger partial charge in [-0.1, -0.05) is 32.9 Å². The van der Waals surface area contributed by atoms with E-state index < -0.39 is 0 Å². The molecule has 0 fully saturated rings. The summed E-state index contributed by atoms with van der Waals surface area (Å²) in [7, 11) is 1.37. The second kappa shape index (κ2) is 6.65. The average molecular weight is 298 g/mol. The van der Waals surface area contributed by atoms with Crippen molar-refractivity contribution in [2.75, 3.05) is 7.11 Å². The smallest absolute Gasteiger partial charge is 0.337 e. The van der Waals surface area contributed by atoms with E-state index in [-0.39, 0.29) is 11.4 Å². The third kappa shape index (κ3) is 3.67. The van der Waals surface area contributed by atoms with Crippen molar-refractivity contribution in [2.24, 2.45) is 0 Å². The van der Waals surface area contributed by atoms with Crippen LogP contribution in [0.4, 0.5) is 0 Å². The highest BCUT2D eigenvalue weighted by atomic mass is 16.5. The van der Waals surface area contributed by atoms with Gasteiger partial charge in [0.2, 0.25) is 0 Å². The Balaban J connectivity index is 2.09. The number of esters is 1. The number of carbonyl (C=O) groups excluding carboxylic acids is 1. The van der Waals surface area contributed by atoms with Crippen LogP contribution in [0.1, 0.15) is 43.1 Å². The van der Waals surface area contributed by atoms with Crippen molar-refractivity contribution in [2.45, 2.75) is 32.6 Å². The van der Waals surface area contributed by atoms with Gasteiger partial charge in [-0.3, -0.25) is 0 Å². The second-order valence-corrected chi connectivity index (χ2v) is 5.88. The molecule has 0 unspecified atom stereocenters. The van der Waals surface area contributed by atoms with E-state index in [0.717, 1.165) is 12.2 Å². The summed E-state index contributed by atoms with van der Waals surface area (Å²) in [5.41, 5.74) is 1.97. The predicted molar refractivity (Wildman–Crippen MR) is 87.6 cm³/mol. The molecular formula is C19H22O3. The summed E-state index contributed by atoms with van der Waals surface area (Å²) in [5.74, 6) is 1.12. The van der Waals surface area contributed by atoms with Crippen LogP contribution in [0.25, 0.3) is 0 Å². The molecule has 0 saturated heterocycles. The third-order valence-corrected chi connectivity index (χ3v) is 4.03. The van der Waals surface area contributed by atoms with Gasteiger partial charge in [0.1, 0.15) is 11.5 Å². The molecule has 0 aliphatic carbocycles. The third-order valence-electron chi connectivity index (χ3n) is 4.03. The molecule has 0 bridgehead atoms. The zero-order valence-corrected chi connectivity index (χ0v) is 13.6. The van der Waals surface area contributed by atoms with Crippen LogP contribution in [-0.4, -0.2) is 13.1 Å². The Morgan fingerprint density at radius 1 is 0.955 bits per heavy atom. The Labute approximate surface area is 131 Å². The SMILES string of the molecule is CCC(C)(C)c1ccc(Oc2ccc(C(=O)OC)cc2)cc1. The maximum Gasteiger partial charge on any atom is 0.337 e. The van der Waals surface area contributed by atoms with Gasteiger partial charge >= 0.3 is 5.97 Å². The lowest BCUT2D eigenvalue weighted by Crippen LogP contribution is -2.14. The van der Waals surface area contributed by atoms with Crippen molar-refractivity contribution in [1.29, 1.82) is 0 Å². The summed E-state index contributed by atoms with van der Waals surface area (Å²) in [6, 6.07) is 15.0. The largest absolute Gasteiger partial charge is 0.465 e. The van der Waals surface area contributed by atoms with Gasteiger partial charge in [-0.15, -0.1) is 0 Å². The summed E-state index contributed by atoms with van der Waals surface area (Å²) in [6.45, 7) is 6.65. The fourth-order valence-corrected chi connectivity index (χ4v) is 2.09. The summed E-state index contributed by atoms with van der Waals surface area (Å²) in [4.78, 5) is 11.4. The van der Waals surface area contributed by atoms with E-state index in [2.05, 4.69) is 37.6 Å². The molecule has 2 rings (SSSR count). The minimum absolute atomic E-state index is 0.167. The number of methoxy groups -OCH3 is 1. The second-order valence-electron chi connectivity index (χ2n) is 5.88. The molecule has 3 nitrogen and oxygen atoms in total. The van der Waals surface area contributed by atoms with Crippen molar-refractivity contribution < 1.29 is 14.3 Å². The van der Waals surface area contributed by atoms with Gasteiger partial charge in [-0.2, -0.15) is 0 Å². The molecule has 0 aliphatic heterocycles. The maximum absolute atomic E-state index is 11.4. The van der Waals surface area contributed by atoms with Crippen molar-refractivity contribution >= 4 is 5.97 Å². The fourth-order valence-electron chi connectivity index (χ4n) is 2.09. The summed E-state index contributed by atoms with van der Waals surface area (Å²) >= 11 is 0. The number of hydrogen-bond donors (Lipinski definition) is 0. The van der Waals surface area contributed by atoms with Gasteiger partial charge in [0.05, 0.1) is 12.7 Å². The molecule has 0 aliphatic rings. The molecule has 0 radical (unpaired) electrons. The van der Waals surface area contributed by atoms with E-state index in [1.807, 2.05) is 12.1 Å². The molecule has 0 N–H and O–H groups in total. The minimum atomic E-state index is -0.349. The number of rotatable bonds is 5. The monoisotopic (exact) mass is 298 g/mol. The zero-order chi connectivity index (χ0) is 16.2. The highest BCUT2D eigenvalue weighted by Gasteiger charge is 2.17. The van der Waals surface area contributed by atoms with Crippen LogP contribution in [0.3, 0.4) is 0 Å². The summed E-state index contributed by atoms with van der Waals surface area (Å²) in [6.07, 6.45) is 1.09. The molecular weight excluding hydrogens is 276 g/mol. The highest BCUT2D eigenvalue weighted by molar-refractivity contribution is 5.89. The van der Waals surface area contributed by atoms with Crippen molar-refractivity contribution in [3.8, 4) is 11.5 Å². The van der Waals surface area contributed by atoms with Crippen LogP contribution in [-0.2, 0) is 10.2 Å². The van der Waals surface area contributed by atoms with Crippen LogP contribution in [0, 0.1) is 0 Å². The number of carbonyl (C=O) groups is 1. The van der Waals surface area contributed by atoms with Crippen LogP contribution < -0.4 is 4.74 Å². The molecule has 116 valence electrons. The Morgan fingerprint density at radius 3 is 1.91 bits per heavy atom. The molecule has 3 heteroatoms. The average Bonchev–Trinajstić information content (AvgIpc) is 2.55. The summed E-state index contributed by atoms with van der Waals surface area (Å²) < 4.78 is 10.5. The molecule has 0 heterocycles. The molecule has 0 saturated carbocycles. The quantitative estimate of drug-likeness (QED) is 0.732. The molecule has 22 heavy (non-hydrogen) atoms. The number of benzene rings is 2. The molecule has 0 atom stereocenters. The fraction of sp³-hybridized carbons (Fsp3) is 0.316. The van der Waals surface area contributed by atoms with Gasteiger partial charge in [0.15, 0.2) is 0 Å². The van der Waals surface area contributed by atoms with Gasteiger partial charge in [0.25, 0.3) is 0 Å². The van der Waals surface area contributed by atoms with Crippen molar-refractivity contribution in [1.82, 2.24) is 0 Å². The molecule has 2 aromatic rings. The van der Waals surface area contributed by atoms with E-state index in [1.165, 1.54) is 12.7 Å². The van der Waals surface area contributed by atoms with Crippen molar-refractivity contribution in [3.05, 3.63) is 59.7 Å². The lowest BCUT2D eigenvalue weighted by atomic mass is 9.82. The molecule has 0 spiro atoms. The first-order chi connectivity index (χ1) is 10.5. The van der Waals surface area contributed by atoms with Crippen LogP contribution in [0.5, 0.6) is 11.5 Å². The topological polar surface area (TPSA) is 35.5 Å². The van der Waals surface area contributed by atoms with E-state index in [9.17, 15) is 4.79 Å². The van der Waals surface area contributed by atoms with Gasteiger partial charge < -0.3 is 9.47 Å². The first-order valence-electron chi connectivity index (χ1n) is 7.43. The van der Waals surface area contributed by atoms with Gasteiger partial charge in [-0.25, -0.2) is 4.79 Å². The van der Waals surface area contributed by atoms with Gasteiger partial charge in [-0.05, 0) is 53.8 Å². The standard InChI is InChI=1S/C19H22O3/c1-5-19(2,3)15-8-12-17(13-9-15)22-16-10-6-14(7-11-16)18(20)21-4/h6-13H,5H2,1-4H3. The predicted octanol–water partition coefficient (Wildman–Crippen LogP) is 4.95. The number of ether oxygens (including phenoxy) is 2. The lowest BCUT2D eigenvalue weighted by molar-refractivity contribution is 0.0600. The van der Waals surface area contributed by atoms with Crippen LogP contribution >= 0.6 is 0 Å². The molecule has 2 aromatic carbocycles. The van der Waals surface area contributed by atoms with E-state index in [0.29, 0.717) is 11.3 Å². The minimum Gasteiger partial charge on any atom is -0.465 e. The first kappa shape index (κ1) is 16.1. The van der Waals surface area contributed by atoms with Crippen molar-refractivity contribution in [3.63, 3.8) is 0 Å². The summed E-state index contributed by atoms with van der Waals surface area (Å²) in [5, 5.41) is 0. The Morgan fingerprint density at radius 2 is 1.45 bits per heavy atom. The normalized spacial score (nSPS) is 11.1. The van der Waals surface area contributed by atoms with E-state index in [1.54, 1.807) is 24.3 Å². The first-order valence-corrected chi connectivity index (χ1v) is 7.43. The maximum atomic E-state index is 11.4. The molecule has 0 amide bonds. The molecule has 0 aromatic heterocycles. The van der Waals surface area contributed by atoms with E-state index in [4.69, 9.17) is 4.74 Å².